The number of nitrogens with zero attached hydrogens (tertiary/aromatic N) is 4. The molecule has 0 spiro atoms. The van der Waals surface area contributed by atoms with E-state index in [0.717, 1.165) is 105 Å². The quantitative estimate of drug-likeness (QED) is 0.0561. The van der Waals surface area contributed by atoms with Gasteiger partial charge < -0.3 is 54.9 Å². The zero-order valence-corrected chi connectivity index (χ0v) is 49.5. The van der Waals surface area contributed by atoms with Gasteiger partial charge >= 0.3 is 7.12 Å². The van der Waals surface area contributed by atoms with Crippen molar-refractivity contribution in [2.45, 2.75) is 38.9 Å². The van der Waals surface area contributed by atoms with Crippen molar-refractivity contribution in [1.29, 1.82) is 0 Å². The molecule has 0 atom stereocenters. The normalized spacial score (nSPS) is 16.3. The third-order valence-electron chi connectivity index (χ3n) is 13.8. The number of carbonyl (C=O) groups is 2. The number of phenols is 3. The molecule has 4 aliphatic heterocycles. The van der Waals surface area contributed by atoms with Gasteiger partial charge in [-0.15, -0.1) is 0 Å². The first-order chi connectivity index (χ1) is 37.7. The highest BCUT2D eigenvalue weighted by molar-refractivity contribution is 9.10. The first kappa shape index (κ1) is 62.5. The standard InChI is InChI=1S/C19H19ClN2O2.C16H25BN2O2.C16H17ClN2O.C6H4BrClO.C3H3ClO/c1-2-19(24)22-11-9-21(10-12-22)15-5-3-14(4-6-15)17-13-16(23)7-8-18(17)20;1-15(2)16(3,4)21-17(20-15)13-5-7-14(8-6-13)19-11-9-18-10-12-19;17-16-6-5-14(20)11-15(16)12-1-3-13(4-2-12)19-9-7-18-8-10-19;7-5-3-4(9)1-2-6(5)8;1-2-3(4)5/h2-8,13,23H,1,9-12H2;5-8,18H,9-12H2,1-4H3;1-6,11,18,20H,7-10H2;1-3,9H;2H,1H2. The molecule has 0 saturated carbocycles. The molecular formula is C60H68BBrCl4N6O7. The summed E-state index contributed by atoms with van der Waals surface area (Å²) in [6, 6.07) is 39.7. The summed E-state index contributed by atoms with van der Waals surface area (Å²) < 4.78 is 12.9. The molecule has 0 unspecified atom stereocenters. The Labute approximate surface area is 493 Å². The predicted octanol–water partition coefficient (Wildman–Crippen LogP) is 11.8. The summed E-state index contributed by atoms with van der Waals surface area (Å²) in [6.07, 6.45) is 2.41. The lowest BCUT2D eigenvalue weighted by atomic mass is 9.79. The number of rotatable bonds is 8. The van der Waals surface area contributed by atoms with Crippen LogP contribution in [0.25, 0.3) is 22.3 Å². The Morgan fingerprint density at radius 1 is 0.544 bits per heavy atom. The molecule has 5 N–H and O–H groups in total. The van der Waals surface area contributed by atoms with Gasteiger partial charge in [-0.1, -0.05) is 84.4 Å². The van der Waals surface area contributed by atoms with Crippen LogP contribution in [0.15, 0.2) is 157 Å². The number of piperazine rings is 3. The summed E-state index contributed by atoms with van der Waals surface area (Å²) in [4.78, 5) is 29.9. The summed E-state index contributed by atoms with van der Waals surface area (Å²) >= 11 is 25.9. The Bertz CT molecular complexity index is 2960. The number of carbonyl (C=O) groups excluding carboxylic acids is 2. The maximum Gasteiger partial charge on any atom is 0.494 e. The average Bonchev–Trinajstić information content (AvgIpc) is 3.75. The zero-order valence-electron chi connectivity index (χ0n) is 44.9. The highest BCUT2D eigenvalue weighted by atomic mass is 79.9. The molecule has 0 aliphatic carbocycles. The number of halogens is 5. The molecule has 0 bridgehead atoms. The van der Waals surface area contributed by atoms with Crippen LogP contribution < -0.4 is 30.8 Å². The molecule has 1 amide bonds. The second-order valence-electron chi connectivity index (χ2n) is 19.7. The first-order valence-electron chi connectivity index (χ1n) is 25.9. The highest BCUT2D eigenvalue weighted by Crippen LogP contribution is 2.37. The summed E-state index contributed by atoms with van der Waals surface area (Å²) in [5, 5.41) is 36.2. The second kappa shape index (κ2) is 29.7. The molecule has 418 valence electrons. The minimum atomic E-state index is -0.509. The molecule has 79 heavy (non-hydrogen) atoms. The monoisotopic (exact) mass is 1210 g/mol. The van der Waals surface area contributed by atoms with E-state index in [1.807, 2.05) is 29.2 Å². The third-order valence-corrected chi connectivity index (χ3v) is 15.9. The topological polar surface area (TPSA) is 150 Å². The van der Waals surface area contributed by atoms with Gasteiger partial charge in [-0.3, -0.25) is 9.59 Å². The Kier molecular flexibility index (Phi) is 23.5. The van der Waals surface area contributed by atoms with Crippen molar-refractivity contribution in [3.05, 3.63) is 172 Å². The van der Waals surface area contributed by atoms with Gasteiger partial charge in [0.2, 0.25) is 11.1 Å². The SMILES string of the molecule is C=CC(=O)Cl.C=CC(=O)N1CCN(c2ccc(-c3cc(O)ccc3Cl)cc2)CC1.CC1(C)OB(c2ccc(N3CCNCC3)cc2)OC1(C)C.Oc1ccc(Cl)c(-c2ccc(N3CCNCC3)cc2)c1.Oc1ccc(Cl)c(Br)c1. The second-order valence-corrected chi connectivity index (χ2v) is 22.1. The van der Waals surface area contributed by atoms with Crippen LogP contribution in [0.1, 0.15) is 27.7 Å². The lowest BCUT2D eigenvalue weighted by Crippen LogP contribution is -2.48. The number of hydrogen-bond donors (Lipinski definition) is 5. The largest absolute Gasteiger partial charge is 0.508 e. The maximum atomic E-state index is 11.6. The van der Waals surface area contributed by atoms with E-state index >= 15 is 0 Å². The van der Waals surface area contributed by atoms with Gasteiger partial charge in [-0.2, -0.15) is 0 Å². The van der Waals surface area contributed by atoms with E-state index in [1.54, 1.807) is 48.5 Å². The fraction of sp³-hybridized carbons (Fsp3) is 0.300. The molecule has 13 nitrogen and oxygen atoms in total. The van der Waals surface area contributed by atoms with Gasteiger partial charge in [0.15, 0.2) is 0 Å². The van der Waals surface area contributed by atoms with Crippen LogP contribution in [-0.4, -0.2) is 128 Å². The number of anilines is 3. The highest BCUT2D eigenvalue weighted by Gasteiger charge is 2.51. The summed E-state index contributed by atoms with van der Waals surface area (Å²) in [6.45, 7) is 26.3. The van der Waals surface area contributed by atoms with Crippen LogP contribution in [0, 0.1) is 0 Å². The molecule has 0 aromatic heterocycles. The number of benzene rings is 6. The van der Waals surface area contributed by atoms with Gasteiger partial charge in [-0.25, -0.2) is 0 Å². The van der Waals surface area contributed by atoms with E-state index in [2.05, 4.69) is 131 Å². The minimum absolute atomic E-state index is 0.0106. The van der Waals surface area contributed by atoms with E-state index < -0.39 is 5.24 Å². The summed E-state index contributed by atoms with van der Waals surface area (Å²) in [5.74, 6) is 0.631. The molecule has 4 fully saturated rings. The lowest BCUT2D eigenvalue weighted by molar-refractivity contribution is -0.126. The maximum absolute atomic E-state index is 11.6. The fourth-order valence-electron chi connectivity index (χ4n) is 8.64. The molecule has 6 aromatic rings. The number of amides is 1. The van der Waals surface area contributed by atoms with Crippen molar-refractivity contribution in [3.63, 3.8) is 0 Å². The van der Waals surface area contributed by atoms with Crippen LogP contribution in [0.5, 0.6) is 17.2 Å². The van der Waals surface area contributed by atoms with E-state index in [0.29, 0.717) is 32.6 Å². The number of phenolic OH excluding ortho intramolecular Hbond substituents is 3. The van der Waals surface area contributed by atoms with Gasteiger partial charge in [0.05, 0.1) is 16.2 Å². The van der Waals surface area contributed by atoms with Crippen molar-refractivity contribution in [3.8, 4) is 39.5 Å². The van der Waals surface area contributed by atoms with Crippen molar-refractivity contribution in [1.82, 2.24) is 15.5 Å². The number of allylic oxidation sites excluding steroid dienone is 1. The Balaban J connectivity index is 0.000000171. The average molecular weight is 1220 g/mol. The Morgan fingerprint density at radius 2 is 0.899 bits per heavy atom. The van der Waals surface area contributed by atoms with Crippen LogP contribution in [-0.2, 0) is 18.9 Å². The minimum Gasteiger partial charge on any atom is -0.508 e. The first-order valence-corrected chi connectivity index (χ1v) is 28.2. The van der Waals surface area contributed by atoms with Crippen molar-refractivity contribution in [2.75, 3.05) is 93.2 Å². The Hall–Kier alpha value is -5.72. The van der Waals surface area contributed by atoms with Crippen molar-refractivity contribution < 1.29 is 34.2 Å². The fourth-order valence-corrected chi connectivity index (χ4v) is 9.58. The molecule has 4 aliphatic rings. The number of aromatic hydroxyl groups is 3. The van der Waals surface area contributed by atoms with E-state index in [4.69, 9.17) is 60.8 Å². The van der Waals surface area contributed by atoms with Crippen molar-refractivity contribution in [2.24, 2.45) is 0 Å². The van der Waals surface area contributed by atoms with Gasteiger partial charge in [0.25, 0.3) is 0 Å². The third kappa shape index (κ3) is 18.1. The van der Waals surface area contributed by atoms with Crippen LogP contribution >= 0.6 is 62.3 Å². The van der Waals surface area contributed by atoms with Crippen LogP contribution in [0.2, 0.25) is 15.1 Å². The van der Waals surface area contributed by atoms with E-state index in [-0.39, 0.29) is 41.5 Å². The molecule has 0 radical (unpaired) electrons. The molecule has 4 heterocycles. The predicted molar refractivity (Wildman–Crippen MR) is 330 cm³/mol. The van der Waals surface area contributed by atoms with Crippen molar-refractivity contribution >= 4 is 103 Å². The van der Waals surface area contributed by atoms with Gasteiger partial charge in [0.1, 0.15) is 17.2 Å². The van der Waals surface area contributed by atoms with E-state index in [1.165, 1.54) is 23.5 Å². The van der Waals surface area contributed by atoms with Gasteiger partial charge in [-0.05, 0) is 175 Å². The molecule has 4 saturated heterocycles. The zero-order chi connectivity index (χ0) is 57.3. The summed E-state index contributed by atoms with van der Waals surface area (Å²) in [5.41, 5.74) is 7.79. The Morgan fingerprint density at radius 3 is 1.25 bits per heavy atom. The molecule has 10 rings (SSSR count). The molecule has 6 aromatic carbocycles. The van der Waals surface area contributed by atoms with E-state index in [9.17, 15) is 19.8 Å². The summed E-state index contributed by atoms with van der Waals surface area (Å²) in [7, 11) is -0.271. The van der Waals surface area contributed by atoms with Crippen LogP contribution in [0.4, 0.5) is 17.1 Å². The smallest absolute Gasteiger partial charge is 0.494 e. The lowest BCUT2D eigenvalue weighted by Gasteiger charge is -2.35. The molecule has 19 heteroatoms. The van der Waals surface area contributed by atoms with Gasteiger partial charge in [0, 0.05) is 121 Å². The van der Waals surface area contributed by atoms with Crippen LogP contribution in [0.3, 0.4) is 0 Å². The number of nitrogens with one attached hydrogen (secondary N) is 2. The molecular weight excluding hydrogens is 1150 g/mol. The number of hydrogen-bond acceptors (Lipinski definition) is 12.